The molecule has 4 heteroatoms. The normalized spacial score (nSPS) is 26.5. The highest BCUT2D eigenvalue weighted by Gasteiger charge is 2.50. The highest BCUT2D eigenvalue weighted by Crippen LogP contribution is 2.44. The van der Waals surface area contributed by atoms with Crippen LogP contribution in [0.25, 0.3) is 11.6 Å². The molecule has 1 aromatic rings. The average Bonchev–Trinajstić information content (AvgIpc) is 2.90. The Morgan fingerprint density at radius 2 is 1.95 bits per heavy atom. The summed E-state index contributed by atoms with van der Waals surface area (Å²) in [6, 6.07) is 7.50. The minimum atomic E-state index is -1.06. The SMILES string of the molecule is O=C1NC(=O)C2(C=CC=C3C2=Cc2ccccc23)N1. The molecule has 1 atom stereocenters. The van der Waals surface area contributed by atoms with Crippen LogP contribution < -0.4 is 10.6 Å². The number of carbonyl (C=O) groups excluding carboxylic acids is 2. The second kappa shape index (κ2) is 3.23. The van der Waals surface area contributed by atoms with Gasteiger partial charge in [0.1, 0.15) is 0 Å². The maximum absolute atomic E-state index is 12.1. The van der Waals surface area contributed by atoms with E-state index in [1.165, 1.54) is 0 Å². The van der Waals surface area contributed by atoms with Crippen molar-refractivity contribution in [1.29, 1.82) is 0 Å². The third kappa shape index (κ3) is 1.18. The third-order valence-corrected chi connectivity index (χ3v) is 3.77. The molecular weight excluding hydrogens is 240 g/mol. The van der Waals surface area contributed by atoms with Crippen LogP contribution in [0.15, 0.2) is 48.1 Å². The number of hydrogen-bond acceptors (Lipinski definition) is 2. The number of imide groups is 1. The number of urea groups is 1. The molecule has 1 aromatic carbocycles. The smallest absolute Gasteiger partial charge is 0.316 e. The molecule has 2 N–H and O–H groups in total. The van der Waals surface area contributed by atoms with E-state index in [4.69, 9.17) is 0 Å². The van der Waals surface area contributed by atoms with Crippen LogP contribution in [0.3, 0.4) is 0 Å². The first-order valence-corrected chi connectivity index (χ1v) is 6.06. The molecule has 1 aliphatic heterocycles. The predicted octanol–water partition coefficient (Wildman–Crippen LogP) is 1.61. The molecule has 92 valence electrons. The lowest BCUT2D eigenvalue weighted by molar-refractivity contribution is -0.121. The van der Waals surface area contributed by atoms with E-state index in [1.54, 1.807) is 6.08 Å². The summed E-state index contributed by atoms with van der Waals surface area (Å²) in [6.45, 7) is 0. The summed E-state index contributed by atoms with van der Waals surface area (Å²) in [6.07, 6.45) is 7.49. The van der Waals surface area contributed by atoms with Gasteiger partial charge in [-0.3, -0.25) is 10.1 Å². The number of fused-ring (bicyclic) bond motifs is 4. The zero-order valence-electron chi connectivity index (χ0n) is 9.94. The van der Waals surface area contributed by atoms with Gasteiger partial charge in [-0.25, -0.2) is 4.79 Å². The van der Waals surface area contributed by atoms with E-state index in [1.807, 2.05) is 42.5 Å². The van der Waals surface area contributed by atoms with Crippen molar-refractivity contribution in [1.82, 2.24) is 10.6 Å². The van der Waals surface area contributed by atoms with Crippen LogP contribution >= 0.6 is 0 Å². The first-order valence-electron chi connectivity index (χ1n) is 6.06. The molecule has 1 heterocycles. The molecule has 0 radical (unpaired) electrons. The molecular formula is C15H10N2O2. The molecule has 1 spiro atoms. The van der Waals surface area contributed by atoms with Gasteiger partial charge in [0.2, 0.25) is 0 Å². The highest BCUT2D eigenvalue weighted by atomic mass is 16.2. The van der Waals surface area contributed by atoms with E-state index < -0.39 is 11.6 Å². The van der Waals surface area contributed by atoms with Gasteiger partial charge in [0, 0.05) is 0 Å². The first-order chi connectivity index (χ1) is 9.21. The Morgan fingerprint density at radius 1 is 1.11 bits per heavy atom. The summed E-state index contributed by atoms with van der Waals surface area (Å²) in [5.41, 5.74) is 2.94. The predicted molar refractivity (Wildman–Crippen MR) is 70.9 cm³/mol. The Bertz CT molecular complexity index is 727. The fourth-order valence-corrected chi connectivity index (χ4v) is 2.91. The van der Waals surface area contributed by atoms with Crippen molar-refractivity contribution in [2.45, 2.75) is 5.54 Å². The number of nitrogens with one attached hydrogen (secondary N) is 2. The summed E-state index contributed by atoms with van der Waals surface area (Å²) < 4.78 is 0. The molecule has 3 aliphatic rings. The lowest BCUT2D eigenvalue weighted by Crippen LogP contribution is -2.47. The van der Waals surface area contributed by atoms with Crippen molar-refractivity contribution >= 4 is 23.6 Å². The number of rotatable bonds is 0. The van der Waals surface area contributed by atoms with Crippen molar-refractivity contribution in [2.75, 3.05) is 0 Å². The molecule has 0 saturated carbocycles. The molecule has 19 heavy (non-hydrogen) atoms. The number of allylic oxidation sites excluding steroid dienone is 2. The lowest BCUT2D eigenvalue weighted by Gasteiger charge is -2.27. The number of amides is 3. The average molecular weight is 250 g/mol. The zero-order chi connectivity index (χ0) is 13.0. The summed E-state index contributed by atoms with van der Waals surface area (Å²) >= 11 is 0. The van der Waals surface area contributed by atoms with E-state index in [-0.39, 0.29) is 5.91 Å². The Balaban J connectivity index is 1.94. The van der Waals surface area contributed by atoms with Crippen molar-refractivity contribution in [3.63, 3.8) is 0 Å². The van der Waals surface area contributed by atoms with Crippen LogP contribution in [0.1, 0.15) is 11.1 Å². The number of hydrogen-bond donors (Lipinski definition) is 2. The van der Waals surface area contributed by atoms with E-state index in [9.17, 15) is 9.59 Å². The fraction of sp³-hybridized carbons (Fsp3) is 0.0667. The van der Waals surface area contributed by atoms with Crippen molar-refractivity contribution in [3.8, 4) is 0 Å². The molecule has 0 aromatic heterocycles. The largest absolute Gasteiger partial charge is 0.322 e. The second-order valence-electron chi connectivity index (χ2n) is 4.80. The van der Waals surface area contributed by atoms with Gasteiger partial charge in [0.15, 0.2) is 5.54 Å². The zero-order valence-corrected chi connectivity index (χ0v) is 9.94. The molecule has 4 rings (SSSR count). The topological polar surface area (TPSA) is 58.2 Å². The van der Waals surface area contributed by atoms with Gasteiger partial charge in [0.25, 0.3) is 5.91 Å². The molecule has 0 bridgehead atoms. The molecule has 2 aliphatic carbocycles. The fourth-order valence-electron chi connectivity index (χ4n) is 2.91. The number of carbonyl (C=O) groups is 2. The van der Waals surface area contributed by atoms with Gasteiger partial charge < -0.3 is 5.32 Å². The van der Waals surface area contributed by atoms with E-state index in [0.29, 0.717) is 0 Å². The Hall–Kier alpha value is -2.62. The maximum atomic E-state index is 12.1. The van der Waals surface area contributed by atoms with Gasteiger partial charge in [0.05, 0.1) is 0 Å². The van der Waals surface area contributed by atoms with Gasteiger partial charge in [-0.1, -0.05) is 36.4 Å². The van der Waals surface area contributed by atoms with Crippen LogP contribution in [0.4, 0.5) is 4.79 Å². The first kappa shape index (κ1) is 10.3. The second-order valence-corrected chi connectivity index (χ2v) is 4.80. The van der Waals surface area contributed by atoms with Crippen LogP contribution in [-0.4, -0.2) is 17.5 Å². The van der Waals surface area contributed by atoms with E-state index >= 15 is 0 Å². The van der Waals surface area contributed by atoms with E-state index in [0.717, 1.165) is 22.3 Å². The summed E-state index contributed by atoms with van der Waals surface area (Å²) in [5, 5.41) is 5.04. The maximum Gasteiger partial charge on any atom is 0.322 e. The molecule has 4 nitrogen and oxygen atoms in total. The molecule has 1 fully saturated rings. The Morgan fingerprint density at radius 3 is 2.74 bits per heavy atom. The lowest BCUT2D eigenvalue weighted by atomic mass is 9.81. The quantitative estimate of drug-likeness (QED) is 0.687. The van der Waals surface area contributed by atoms with Gasteiger partial charge in [-0.2, -0.15) is 0 Å². The summed E-state index contributed by atoms with van der Waals surface area (Å²) in [7, 11) is 0. The monoisotopic (exact) mass is 250 g/mol. The summed E-state index contributed by atoms with van der Waals surface area (Å²) in [4.78, 5) is 23.6. The van der Waals surface area contributed by atoms with E-state index in [2.05, 4.69) is 10.6 Å². The van der Waals surface area contributed by atoms with Crippen LogP contribution in [0, 0.1) is 0 Å². The van der Waals surface area contributed by atoms with Crippen molar-refractivity contribution < 1.29 is 9.59 Å². The van der Waals surface area contributed by atoms with Gasteiger partial charge in [-0.05, 0) is 34.4 Å². The van der Waals surface area contributed by atoms with Crippen LogP contribution in [0.2, 0.25) is 0 Å². The third-order valence-electron chi connectivity index (χ3n) is 3.77. The van der Waals surface area contributed by atoms with Crippen LogP contribution in [-0.2, 0) is 4.79 Å². The van der Waals surface area contributed by atoms with Crippen molar-refractivity contribution in [2.24, 2.45) is 0 Å². The minimum absolute atomic E-state index is 0.321. The standard InChI is InChI=1S/C15H10N2O2/c18-13-15(17-14(19)16-13)7-3-6-11-10-5-2-1-4-9(10)8-12(11)15/h1-8H,(H2,16,17,18,19). The minimum Gasteiger partial charge on any atom is -0.316 e. The van der Waals surface area contributed by atoms with Crippen molar-refractivity contribution in [3.05, 3.63) is 59.2 Å². The molecule has 1 unspecified atom stereocenters. The summed E-state index contributed by atoms with van der Waals surface area (Å²) in [5.74, 6) is -0.321. The Kier molecular flexibility index (Phi) is 1.75. The van der Waals surface area contributed by atoms with Crippen LogP contribution in [0.5, 0.6) is 0 Å². The number of benzene rings is 1. The molecule has 1 saturated heterocycles. The Labute approximate surface area is 109 Å². The van der Waals surface area contributed by atoms with Gasteiger partial charge >= 0.3 is 6.03 Å². The van der Waals surface area contributed by atoms with Gasteiger partial charge in [-0.15, -0.1) is 0 Å². The molecule has 3 amide bonds. The highest BCUT2D eigenvalue weighted by molar-refractivity contribution is 6.16.